The molecule has 26 heteroatoms. The number of thioether (sulfide) groups is 2. The Bertz CT molecular complexity index is 2050. The first-order valence-corrected chi connectivity index (χ1v) is 27.7. The fourth-order valence-electron chi connectivity index (χ4n) is 9.60. The van der Waals surface area contributed by atoms with Gasteiger partial charge in [0.2, 0.25) is 29.5 Å². The van der Waals surface area contributed by atoms with Gasteiger partial charge in [0.05, 0.1) is 42.1 Å². The molecule has 0 spiro atoms. The monoisotopic (exact) mass is 1350 g/mol. The zero-order chi connectivity index (χ0) is 50.8. The lowest BCUT2D eigenvalue weighted by atomic mass is 9.79. The van der Waals surface area contributed by atoms with Crippen LogP contribution in [0.1, 0.15) is 142 Å². The zero-order valence-electron chi connectivity index (χ0n) is 48.0. The second-order valence-electron chi connectivity index (χ2n) is 21.0. The van der Waals surface area contributed by atoms with Gasteiger partial charge in [-0.1, -0.05) is 115 Å². The van der Waals surface area contributed by atoms with Crippen LogP contribution in [-0.4, -0.2) is 120 Å². The Morgan fingerprint density at radius 2 is 1.26 bits per heavy atom. The van der Waals surface area contributed by atoms with Crippen LogP contribution >= 0.6 is 158 Å². The quantitative estimate of drug-likeness (QED) is 0.0542. The molecule has 468 valence electrons. The minimum Gasteiger partial charge on any atom is -0.381 e. The van der Waals surface area contributed by atoms with Crippen molar-refractivity contribution in [2.24, 2.45) is 16.7 Å². The summed E-state index contributed by atoms with van der Waals surface area (Å²) in [4.78, 5) is 82.3. The molecule has 0 unspecified atom stereocenters. The number of likely N-dealkylation sites (N-methyl/N-ethyl adjacent to an activating group) is 1. The summed E-state index contributed by atoms with van der Waals surface area (Å²) in [5.41, 5.74) is 1.17. The smallest absolute Gasteiger partial charge is 0.246 e. The largest absolute Gasteiger partial charge is 0.381 e. The van der Waals surface area contributed by atoms with Gasteiger partial charge < -0.3 is 41.0 Å². The number of hydrogen-bond donors (Lipinski definition) is 5. The van der Waals surface area contributed by atoms with E-state index in [1.165, 1.54) is 0 Å². The average Bonchev–Trinajstić information content (AvgIpc) is 3.38. The zero-order valence-corrected chi connectivity index (χ0v) is 59.7. The maximum Gasteiger partial charge on any atom is 0.246 e. The topological polar surface area (TPSA) is 184 Å². The summed E-state index contributed by atoms with van der Waals surface area (Å²) in [6.45, 7) is 15.7. The van der Waals surface area contributed by atoms with Crippen LogP contribution in [0.5, 0.6) is 0 Å². The first kappa shape index (κ1) is 90.7. The first-order valence-electron chi connectivity index (χ1n) is 25.6. The minimum atomic E-state index is -0.671. The lowest BCUT2D eigenvalue weighted by Gasteiger charge is -2.35. The number of nitrogens with one attached hydrogen (secondary N) is 5. The van der Waals surface area contributed by atoms with Crippen LogP contribution in [0.3, 0.4) is 0 Å². The molecule has 0 aliphatic carbocycles. The predicted molar refractivity (Wildman–Crippen MR) is 384 cm³/mol. The summed E-state index contributed by atoms with van der Waals surface area (Å²) in [5.74, 6) is 0.392. The summed E-state index contributed by atoms with van der Waals surface area (Å²) in [7, 11) is 1.71. The Kier molecular flexibility index (Phi) is 51.9. The number of carbonyl (C=O) groups is 6. The van der Waals surface area contributed by atoms with Crippen LogP contribution in [0.15, 0.2) is 60.7 Å². The molecule has 2 aromatic rings. The van der Waals surface area contributed by atoms with E-state index < -0.39 is 35.0 Å². The fraction of sp³-hybridized carbons (Fsp3) is 0.667. The number of nitrogens with zero attached hydrogens (tertiary/aromatic N) is 1. The highest BCUT2D eigenvalue weighted by Gasteiger charge is 2.54. The van der Waals surface area contributed by atoms with Gasteiger partial charge in [-0.25, -0.2) is 0 Å². The summed E-state index contributed by atoms with van der Waals surface area (Å²) in [5, 5.41) is 14.9. The molecular formula is C54H102N6O8S12. The highest BCUT2D eigenvalue weighted by Crippen LogP contribution is 2.47. The van der Waals surface area contributed by atoms with Crippen molar-refractivity contribution in [1.82, 2.24) is 31.5 Å². The van der Waals surface area contributed by atoms with E-state index in [9.17, 15) is 28.8 Å². The molecule has 3 saturated heterocycles. The van der Waals surface area contributed by atoms with E-state index in [0.29, 0.717) is 58.5 Å². The van der Waals surface area contributed by atoms with Crippen molar-refractivity contribution in [2.75, 3.05) is 45.0 Å². The SMILES string of the molecule is CC[C@@H](C)C(=O)N[C@H]1CCS[C@@H](CC(C)(C)CC(=O)N[C@H](COCCCCCCOC[C@@H](CC(=O)[C@H]2N3C(=O)[C@@H](NC(=O)[C@H](C)NC)CCS[C@H]3CC2(C)C)c2ccccc2)c2ccccc2)NC1=O.S.S.S.S.S.S.S.S.S.S. The summed E-state index contributed by atoms with van der Waals surface area (Å²) < 4.78 is 12.4. The molecule has 80 heavy (non-hydrogen) atoms. The Balaban J connectivity index is -0.00000137. The van der Waals surface area contributed by atoms with Crippen LogP contribution in [0.25, 0.3) is 0 Å². The highest BCUT2D eigenvalue weighted by molar-refractivity contribution is 8.00. The van der Waals surface area contributed by atoms with Crippen LogP contribution in [-0.2, 0) is 38.2 Å². The van der Waals surface area contributed by atoms with Gasteiger partial charge in [-0.2, -0.15) is 135 Å². The van der Waals surface area contributed by atoms with Crippen molar-refractivity contribution in [3.8, 4) is 0 Å². The van der Waals surface area contributed by atoms with Crippen molar-refractivity contribution < 1.29 is 38.2 Å². The van der Waals surface area contributed by atoms with Gasteiger partial charge in [-0.3, -0.25) is 28.8 Å². The Morgan fingerprint density at radius 3 is 1.82 bits per heavy atom. The number of carbonyl (C=O) groups excluding carboxylic acids is 6. The first-order chi connectivity index (χ1) is 33.4. The van der Waals surface area contributed by atoms with Crippen molar-refractivity contribution in [3.63, 3.8) is 0 Å². The van der Waals surface area contributed by atoms with E-state index in [1.807, 2.05) is 88.4 Å². The Morgan fingerprint density at radius 1 is 0.738 bits per heavy atom. The fourth-order valence-corrected chi connectivity index (χ4v) is 12.6. The van der Waals surface area contributed by atoms with E-state index in [0.717, 1.165) is 48.3 Å². The second-order valence-corrected chi connectivity index (χ2v) is 23.6. The van der Waals surface area contributed by atoms with E-state index in [1.54, 1.807) is 42.4 Å². The van der Waals surface area contributed by atoms with E-state index >= 15 is 0 Å². The molecule has 3 aliphatic heterocycles. The lowest BCUT2D eigenvalue weighted by Crippen LogP contribution is -2.56. The number of ketones is 1. The van der Waals surface area contributed by atoms with Gasteiger partial charge in [-0.15, -0.1) is 23.5 Å². The van der Waals surface area contributed by atoms with Crippen molar-refractivity contribution in [1.29, 1.82) is 0 Å². The molecule has 5 amide bonds. The van der Waals surface area contributed by atoms with Crippen LogP contribution in [0.2, 0.25) is 0 Å². The van der Waals surface area contributed by atoms with Crippen molar-refractivity contribution >= 4 is 194 Å². The predicted octanol–water partition coefficient (Wildman–Crippen LogP) is 8.41. The minimum absolute atomic E-state index is 0. The third-order valence-corrected chi connectivity index (χ3v) is 16.4. The number of benzene rings is 2. The summed E-state index contributed by atoms with van der Waals surface area (Å²) >= 11 is 3.36. The number of hydrogen-bond acceptors (Lipinski definition) is 11. The van der Waals surface area contributed by atoms with Gasteiger partial charge in [0.25, 0.3) is 0 Å². The van der Waals surface area contributed by atoms with E-state index in [2.05, 4.69) is 40.4 Å². The lowest BCUT2D eigenvalue weighted by molar-refractivity contribution is -0.143. The maximum atomic E-state index is 14.5. The molecule has 5 rings (SSSR count). The molecule has 9 atom stereocenters. The Labute approximate surface area is 558 Å². The van der Waals surface area contributed by atoms with E-state index in [-0.39, 0.29) is 212 Å². The van der Waals surface area contributed by atoms with Gasteiger partial charge in [0.15, 0.2) is 5.78 Å². The molecule has 0 saturated carbocycles. The molecule has 3 fully saturated rings. The molecule has 0 bridgehead atoms. The van der Waals surface area contributed by atoms with Gasteiger partial charge >= 0.3 is 0 Å². The normalized spacial score (nSPS) is 20.2. The standard InChI is InChI=1S/C54H82N6O8S2.10H2S/c1-9-36(2)49(63)57-41-24-28-69-46(59-51(41)65)32-53(4,5)31-45(62)56-43(39-22-16-13-17-23-39)35-68-27-19-11-10-18-26-67-34-40(38-20-14-12-15-21-38)30-44(61)48-54(6,7)33-47-60(48)52(66)42(25-29-70-47)58-50(64)37(3)55-8;;;;;;;;;;/h12-17,20-23,36-37,40-43,46-48,55H,9-11,18-19,24-35H2,1-8H3,(H,56,62)(H,57,63)(H,58,64)(H,59,65);10*1H2/t36-,37+,40-,41+,42+,43-,46+,47+,48-;;;;;;;;;;/m1........../s1. The van der Waals surface area contributed by atoms with Gasteiger partial charge in [0.1, 0.15) is 12.1 Å². The van der Waals surface area contributed by atoms with E-state index in [4.69, 9.17) is 9.47 Å². The Hall–Kier alpha value is -0.460. The maximum absolute atomic E-state index is 14.5. The molecule has 0 aromatic heterocycles. The molecule has 14 nitrogen and oxygen atoms in total. The third-order valence-electron chi connectivity index (χ3n) is 14.0. The highest BCUT2D eigenvalue weighted by atomic mass is 32.2. The molecular weight excluding hydrogens is 1250 g/mol. The molecule has 2 aromatic carbocycles. The average molecular weight is 1350 g/mol. The van der Waals surface area contributed by atoms with Gasteiger partial charge in [0, 0.05) is 37.9 Å². The summed E-state index contributed by atoms with van der Waals surface area (Å²) in [6, 6.07) is 17.3. The number of ether oxygens (including phenoxy) is 2. The number of unbranched alkanes of at least 4 members (excludes halogenated alkanes) is 3. The number of amides is 5. The molecule has 0 radical (unpaired) electrons. The third kappa shape index (κ3) is 28.8. The number of fused-ring (bicyclic) bond motifs is 1. The number of Topliss-reactive ketones (excluding diaryl/α,β-unsaturated/α-hetero) is 1. The van der Waals surface area contributed by atoms with Gasteiger partial charge in [-0.05, 0) is 92.4 Å². The second kappa shape index (κ2) is 45.8. The van der Waals surface area contributed by atoms with Crippen molar-refractivity contribution in [2.45, 2.75) is 166 Å². The molecule has 3 aliphatic rings. The van der Waals surface area contributed by atoms with Crippen LogP contribution in [0, 0.1) is 16.7 Å². The van der Waals surface area contributed by atoms with Crippen LogP contribution < -0.4 is 26.6 Å². The number of rotatable bonds is 27. The molecule has 5 N–H and O–H groups in total. The molecule has 3 heterocycles. The summed E-state index contributed by atoms with van der Waals surface area (Å²) in [6.07, 6.45) is 7.28. The van der Waals surface area contributed by atoms with Crippen LogP contribution in [0.4, 0.5) is 0 Å². The van der Waals surface area contributed by atoms with Crippen molar-refractivity contribution in [3.05, 3.63) is 71.8 Å².